The second kappa shape index (κ2) is 4.72. The van der Waals surface area contributed by atoms with E-state index in [1.54, 1.807) is 18.2 Å². The molecule has 2 aromatic rings. The zero-order valence-electron chi connectivity index (χ0n) is 10.6. The van der Waals surface area contributed by atoms with Crippen molar-refractivity contribution in [1.29, 1.82) is 5.26 Å². The summed E-state index contributed by atoms with van der Waals surface area (Å²) in [4.78, 5) is 25.9. The van der Waals surface area contributed by atoms with Crippen molar-refractivity contribution in [2.24, 2.45) is 0 Å². The van der Waals surface area contributed by atoms with E-state index >= 15 is 0 Å². The van der Waals surface area contributed by atoms with Crippen LogP contribution in [0.1, 0.15) is 26.3 Å². The smallest absolute Gasteiger partial charge is 0.266 e. The average Bonchev–Trinajstić information content (AvgIpc) is 2.71. The van der Waals surface area contributed by atoms with Crippen LogP contribution in [0.2, 0.25) is 0 Å². The predicted molar refractivity (Wildman–Crippen MR) is 80.9 cm³/mol. The quantitative estimate of drug-likeness (QED) is 0.638. The predicted octanol–water partition coefficient (Wildman–Crippen LogP) is 2.70. The maximum atomic E-state index is 12.4. The zero-order valence-corrected chi connectivity index (χ0v) is 12.2. The summed E-state index contributed by atoms with van der Waals surface area (Å²) < 4.78 is 0.719. The number of nitrogens with two attached hydrogens (primary N) is 1. The SMILES string of the molecule is N#Cc1ccc(N2C(=O)c3ccc(Br)cc3C2=O)c(N)c1. The number of halogens is 1. The molecule has 2 N–H and O–H groups in total. The van der Waals surface area contributed by atoms with E-state index in [9.17, 15) is 9.59 Å². The molecule has 1 heterocycles. The Morgan fingerprint density at radius 1 is 1.05 bits per heavy atom. The van der Waals surface area contributed by atoms with Gasteiger partial charge in [0, 0.05) is 4.47 Å². The van der Waals surface area contributed by atoms with Gasteiger partial charge in [0.05, 0.1) is 34.1 Å². The van der Waals surface area contributed by atoms with Crippen LogP contribution in [0, 0.1) is 11.3 Å². The highest BCUT2D eigenvalue weighted by Gasteiger charge is 2.37. The Labute approximate surface area is 128 Å². The van der Waals surface area contributed by atoms with E-state index in [4.69, 9.17) is 11.0 Å². The largest absolute Gasteiger partial charge is 0.397 e. The third-order valence-electron chi connectivity index (χ3n) is 3.25. The first-order chi connectivity index (χ1) is 10.0. The van der Waals surface area contributed by atoms with Gasteiger partial charge in [0.25, 0.3) is 11.8 Å². The molecule has 2 aromatic carbocycles. The van der Waals surface area contributed by atoms with Crippen LogP contribution < -0.4 is 10.6 Å². The summed E-state index contributed by atoms with van der Waals surface area (Å²) in [7, 11) is 0. The van der Waals surface area contributed by atoms with Crippen LogP contribution in [0.25, 0.3) is 0 Å². The van der Waals surface area contributed by atoms with E-state index in [0.717, 1.165) is 9.37 Å². The molecule has 0 spiro atoms. The summed E-state index contributed by atoms with van der Waals surface area (Å²) in [6, 6.07) is 11.3. The minimum absolute atomic E-state index is 0.211. The molecule has 0 aliphatic carbocycles. The fraction of sp³-hybridized carbons (Fsp3) is 0. The van der Waals surface area contributed by atoms with Crippen LogP contribution in [-0.4, -0.2) is 11.8 Å². The number of carbonyl (C=O) groups excluding carboxylic acids is 2. The maximum absolute atomic E-state index is 12.4. The molecule has 102 valence electrons. The highest BCUT2D eigenvalue weighted by molar-refractivity contribution is 9.10. The molecular formula is C15H8BrN3O2. The van der Waals surface area contributed by atoms with Crippen LogP contribution in [0.5, 0.6) is 0 Å². The van der Waals surface area contributed by atoms with E-state index in [1.807, 2.05) is 6.07 Å². The lowest BCUT2D eigenvalue weighted by atomic mass is 10.1. The van der Waals surface area contributed by atoms with Crippen LogP contribution in [0.3, 0.4) is 0 Å². The van der Waals surface area contributed by atoms with Gasteiger partial charge in [-0.25, -0.2) is 4.90 Å². The topological polar surface area (TPSA) is 87.2 Å². The number of imide groups is 1. The molecule has 0 radical (unpaired) electrons. The number of nitriles is 1. The highest BCUT2D eigenvalue weighted by atomic mass is 79.9. The molecule has 21 heavy (non-hydrogen) atoms. The first kappa shape index (κ1) is 13.3. The lowest BCUT2D eigenvalue weighted by molar-refractivity contribution is 0.0926. The van der Waals surface area contributed by atoms with Gasteiger partial charge < -0.3 is 5.73 Å². The number of hydrogen-bond donors (Lipinski definition) is 1. The van der Waals surface area contributed by atoms with Crippen molar-refractivity contribution in [3.63, 3.8) is 0 Å². The van der Waals surface area contributed by atoms with Crippen molar-refractivity contribution in [2.45, 2.75) is 0 Å². The second-order valence-electron chi connectivity index (χ2n) is 4.52. The van der Waals surface area contributed by atoms with Gasteiger partial charge >= 0.3 is 0 Å². The van der Waals surface area contributed by atoms with Crippen LogP contribution in [0.4, 0.5) is 11.4 Å². The number of rotatable bonds is 1. The van der Waals surface area contributed by atoms with Gasteiger partial charge in [-0.05, 0) is 36.4 Å². The van der Waals surface area contributed by atoms with Crippen molar-refractivity contribution in [2.75, 3.05) is 10.6 Å². The molecule has 0 fully saturated rings. The number of hydrogen-bond acceptors (Lipinski definition) is 4. The normalized spacial score (nSPS) is 13.2. The molecule has 0 bridgehead atoms. The Balaban J connectivity index is 2.12. The average molecular weight is 342 g/mol. The number of fused-ring (bicyclic) bond motifs is 1. The molecule has 3 rings (SSSR count). The number of nitrogen functional groups attached to an aromatic ring is 1. The van der Waals surface area contributed by atoms with Gasteiger partial charge in [-0.3, -0.25) is 9.59 Å². The van der Waals surface area contributed by atoms with Gasteiger partial charge in [-0.15, -0.1) is 0 Å². The summed E-state index contributed by atoms with van der Waals surface area (Å²) in [6.45, 7) is 0. The Morgan fingerprint density at radius 3 is 2.43 bits per heavy atom. The first-order valence-electron chi connectivity index (χ1n) is 6.01. The van der Waals surface area contributed by atoms with Crippen LogP contribution in [-0.2, 0) is 0 Å². The van der Waals surface area contributed by atoms with Gasteiger partial charge in [0.15, 0.2) is 0 Å². The molecule has 1 aliphatic rings. The zero-order chi connectivity index (χ0) is 15.1. The van der Waals surface area contributed by atoms with E-state index < -0.39 is 11.8 Å². The third-order valence-corrected chi connectivity index (χ3v) is 3.74. The minimum atomic E-state index is -0.423. The molecule has 6 heteroatoms. The summed E-state index contributed by atoms with van der Waals surface area (Å²) in [5.74, 6) is -0.841. The molecule has 0 aromatic heterocycles. The second-order valence-corrected chi connectivity index (χ2v) is 5.44. The fourth-order valence-electron chi connectivity index (χ4n) is 2.26. The molecule has 0 saturated heterocycles. The van der Waals surface area contributed by atoms with Crippen LogP contribution >= 0.6 is 15.9 Å². The van der Waals surface area contributed by atoms with Crippen LogP contribution in [0.15, 0.2) is 40.9 Å². The van der Waals surface area contributed by atoms with Crippen molar-refractivity contribution >= 4 is 39.1 Å². The number of benzene rings is 2. The van der Waals surface area contributed by atoms with Gasteiger partial charge in [-0.1, -0.05) is 15.9 Å². The van der Waals surface area contributed by atoms with Gasteiger partial charge in [-0.2, -0.15) is 5.26 Å². The van der Waals surface area contributed by atoms with E-state index in [1.165, 1.54) is 18.2 Å². The molecule has 5 nitrogen and oxygen atoms in total. The molecule has 0 unspecified atom stereocenters. The summed E-state index contributed by atoms with van der Waals surface area (Å²) in [5, 5.41) is 8.84. The third kappa shape index (κ3) is 1.99. The van der Waals surface area contributed by atoms with Crippen molar-refractivity contribution in [3.05, 3.63) is 57.6 Å². The molecule has 2 amide bonds. The highest BCUT2D eigenvalue weighted by Crippen LogP contribution is 2.33. The van der Waals surface area contributed by atoms with E-state index in [2.05, 4.69) is 15.9 Å². The number of nitrogens with zero attached hydrogens (tertiary/aromatic N) is 2. The summed E-state index contributed by atoms with van der Waals surface area (Å²) in [5.41, 5.74) is 7.40. The number of carbonyl (C=O) groups is 2. The summed E-state index contributed by atoms with van der Waals surface area (Å²) >= 11 is 3.28. The Hall–Kier alpha value is -2.65. The van der Waals surface area contributed by atoms with Gasteiger partial charge in [0.2, 0.25) is 0 Å². The minimum Gasteiger partial charge on any atom is -0.397 e. The number of amides is 2. The van der Waals surface area contributed by atoms with Crippen molar-refractivity contribution < 1.29 is 9.59 Å². The molecule has 0 atom stereocenters. The lowest BCUT2D eigenvalue weighted by Crippen LogP contribution is -2.30. The lowest BCUT2D eigenvalue weighted by Gasteiger charge is -2.16. The van der Waals surface area contributed by atoms with Gasteiger partial charge in [0.1, 0.15) is 0 Å². The van der Waals surface area contributed by atoms with E-state index in [0.29, 0.717) is 16.7 Å². The first-order valence-corrected chi connectivity index (χ1v) is 6.80. The molecule has 1 aliphatic heterocycles. The molecular weight excluding hydrogens is 334 g/mol. The van der Waals surface area contributed by atoms with Crippen molar-refractivity contribution in [1.82, 2.24) is 0 Å². The maximum Gasteiger partial charge on any atom is 0.266 e. The monoisotopic (exact) mass is 341 g/mol. The number of anilines is 2. The van der Waals surface area contributed by atoms with E-state index in [-0.39, 0.29) is 11.4 Å². The Bertz CT molecular complexity index is 839. The molecule has 0 saturated carbocycles. The Kier molecular flexibility index (Phi) is 3.00. The fourth-order valence-corrected chi connectivity index (χ4v) is 2.62. The summed E-state index contributed by atoms with van der Waals surface area (Å²) in [6.07, 6.45) is 0. The standard InChI is InChI=1S/C15H8BrN3O2/c16-9-2-3-10-11(6-9)15(21)19(14(10)20)13-4-1-8(7-17)5-12(13)18/h1-6H,18H2. The van der Waals surface area contributed by atoms with Crippen molar-refractivity contribution in [3.8, 4) is 6.07 Å². The Morgan fingerprint density at radius 2 is 1.76 bits per heavy atom.